The van der Waals surface area contributed by atoms with Crippen molar-refractivity contribution in [3.05, 3.63) is 76.4 Å². The zero-order valence-electron chi connectivity index (χ0n) is 23.9. The molecule has 3 aliphatic carbocycles. The third-order valence-corrected chi connectivity index (χ3v) is 9.70. The minimum atomic E-state index is -0.225. The molecule has 2 nitrogen and oxygen atoms in total. The number of allylic oxidation sites excluding steroid dienone is 1. The van der Waals surface area contributed by atoms with Crippen LogP contribution in [0.5, 0.6) is 0 Å². The summed E-state index contributed by atoms with van der Waals surface area (Å²) in [5.74, 6) is 1.69. The first kappa shape index (κ1) is 27.2. The molecule has 204 valence electrons. The summed E-state index contributed by atoms with van der Waals surface area (Å²) >= 11 is 0. The Hall–Kier alpha value is -2.35. The Labute approximate surface area is 231 Å². The number of carbonyl (C=O) groups excluding carboxylic acids is 1. The van der Waals surface area contributed by atoms with Gasteiger partial charge in [0.1, 0.15) is 6.10 Å². The number of hydrogen-bond acceptors (Lipinski definition) is 2. The van der Waals surface area contributed by atoms with E-state index in [9.17, 15) is 4.79 Å². The van der Waals surface area contributed by atoms with Crippen molar-refractivity contribution in [1.29, 1.82) is 0 Å². The van der Waals surface area contributed by atoms with E-state index in [0.717, 1.165) is 11.1 Å². The van der Waals surface area contributed by atoms with Gasteiger partial charge in [-0.05, 0) is 104 Å². The second-order valence-electron chi connectivity index (χ2n) is 12.4. The lowest BCUT2D eigenvalue weighted by atomic mass is 9.72. The monoisotopic (exact) mass is 512 g/mol. The molecule has 2 aromatic rings. The summed E-state index contributed by atoms with van der Waals surface area (Å²) in [7, 11) is 0. The summed E-state index contributed by atoms with van der Waals surface area (Å²) in [6.45, 7) is 4.14. The first-order chi connectivity index (χ1) is 18.6. The van der Waals surface area contributed by atoms with E-state index in [1.165, 1.54) is 113 Å². The lowest BCUT2D eigenvalue weighted by Crippen LogP contribution is -2.19. The van der Waals surface area contributed by atoms with Gasteiger partial charge < -0.3 is 4.74 Å². The van der Waals surface area contributed by atoms with Crippen molar-refractivity contribution in [2.45, 2.75) is 134 Å². The summed E-state index contributed by atoms with van der Waals surface area (Å²) in [6.07, 6.45) is 21.4. The average Bonchev–Trinajstić information content (AvgIpc) is 2.98. The van der Waals surface area contributed by atoms with E-state index in [1.54, 1.807) is 11.6 Å². The number of rotatable bonds is 7. The van der Waals surface area contributed by atoms with E-state index >= 15 is 0 Å². The zero-order valence-corrected chi connectivity index (χ0v) is 23.9. The molecular formula is C36H48O2. The highest BCUT2D eigenvalue weighted by Gasteiger charge is 2.30. The van der Waals surface area contributed by atoms with Gasteiger partial charge in [0.15, 0.2) is 0 Å². The summed E-state index contributed by atoms with van der Waals surface area (Å²) in [6, 6.07) is 15.3. The predicted octanol–water partition coefficient (Wildman–Crippen LogP) is 10.5. The summed E-state index contributed by atoms with van der Waals surface area (Å²) in [5.41, 5.74) is 8.03. The average molecular weight is 513 g/mol. The Kier molecular flexibility index (Phi) is 9.41. The van der Waals surface area contributed by atoms with Gasteiger partial charge in [-0.3, -0.25) is 0 Å². The first-order valence-electron chi connectivity index (χ1n) is 15.7. The van der Waals surface area contributed by atoms with Crippen molar-refractivity contribution in [3.63, 3.8) is 0 Å². The second-order valence-corrected chi connectivity index (χ2v) is 12.4. The Bertz CT molecular complexity index is 1040. The van der Waals surface area contributed by atoms with Gasteiger partial charge >= 0.3 is 5.97 Å². The SMILES string of the molecule is C/C(=C\C(=O)O[C@@H](C)c1c(C2CCCCC2)cc(C2CCCCC2)cc1C1CCCCC1)c1ccccc1. The summed E-state index contributed by atoms with van der Waals surface area (Å²) in [5, 5.41) is 0. The number of carbonyl (C=O) groups is 1. The van der Waals surface area contributed by atoms with Crippen LogP contribution in [0.2, 0.25) is 0 Å². The van der Waals surface area contributed by atoms with Crippen LogP contribution in [0, 0.1) is 0 Å². The topological polar surface area (TPSA) is 26.3 Å². The molecule has 0 spiro atoms. The van der Waals surface area contributed by atoms with Crippen LogP contribution in [-0.2, 0) is 9.53 Å². The standard InChI is InChI=1S/C36H48O2/c1-26(28-15-7-3-8-16-28)23-35(37)38-27(2)36-33(30-19-11-5-12-20-30)24-32(29-17-9-4-10-18-29)25-34(36)31-21-13-6-14-22-31/h3,7-8,15-16,23-25,27,29-31H,4-6,9-14,17-22H2,1-2H3/b26-23+/t27-/m0/s1. The number of hydrogen-bond donors (Lipinski definition) is 0. The van der Waals surface area contributed by atoms with Crippen molar-refractivity contribution in [2.24, 2.45) is 0 Å². The fourth-order valence-corrected chi connectivity index (χ4v) is 7.60. The van der Waals surface area contributed by atoms with Gasteiger partial charge in [-0.1, -0.05) is 100 Å². The van der Waals surface area contributed by atoms with E-state index in [1.807, 2.05) is 25.1 Å². The quantitative estimate of drug-likeness (QED) is 0.272. The molecule has 3 fully saturated rings. The highest BCUT2D eigenvalue weighted by molar-refractivity contribution is 5.91. The normalized spacial score (nSPS) is 21.3. The van der Waals surface area contributed by atoms with Crippen molar-refractivity contribution in [1.82, 2.24) is 0 Å². The minimum absolute atomic E-state index is 0.223. The van der Waals surface area contributed by atoms with Gasteiger partial charge in [0.2, 0.25) is 0 Å². The Balaban J connectivity index is 1.51. The van der Waals surface area contributed by atoms with Gasteiger partial charge in [0.05, 0.1) is 0 Å². The number of ether oxygens (including phenoxy) is 1. The highest BCUT2D eigenvalue weighted by Crippen LogP contribution is 2.46. The number of benzene rings is 2. The Morgan fingerprint density at radius 3 is 1.71 bits per heavy atom. The molecule has 0 bridgehead atoms. The van der Waals surface area contributed by atoms with Crippen LogP contribution in [0.1, 0.15) is 162 Å². The molecule has 0 aliphatic heterocycles. The first-order valence-corrected chi connectivity index (χ1v) is 15.7. The van der Waals surface area contributed by atoms with E-state index < -0.39 is 0 Å². The molecule has 0 heterocycles. The van der Waals surface area contributed by atoms with Crippen molar-refractivity contribution in [3.8, 4) is 0 Å². The maximum atomic E-state index is 13.2. The predicted molar refractivity (Wildman–Crippen MR) is 159 cm³/mol. The van der Waals surface area contributed by atoms with Crippen molar-refractivity contribution in [2.75, 3.05) is 0 Å². The molecule has 2 aromatic carbocycles. The molecule has 0 N–H and O–H groups in total. The van der Waals surface area contributed by atoms with Crippen LogP contribution in [0.3, 0.4) is 0 Å². The molecule has 2 heteroatoms. The summed E-state index contributed by atoms with van der Waals surface area (Å²) in [4.78, 5) is 13.2. The maximum Gasteiger partial charge on any atom is 0.331 e. The van der Waals surface area contributed by atoms with Crippen LogP contribution >= 0.6 is 0 Å². The molecule has 0 aromatic heterocycles. The molecule has 5 rings (SSSR count). The molecule has 3 saturated carbocycles. The van der Waals surface area contributed by atoms with Gasteiger partial charge in [-0.2, -0.15) is 0 Å². The van der Waals surface area contributed by atoms with Crippen LogP contribution in [0.25, 0.3) is 5.57 Å². The molecule has 0 saturated heterocycles. The molecule has 0 unspecified atom stereocenters. The van der Waals surface area contributed by atoms with Crippen LogP contribution in [-0.4, -0.2) is 5.97 Å². The van der Waals surface area contributed by atoms with Crippen molar-refractivity contribution >= 4 is 11.5 Å². The Morgan fingerprint density at radius 1 is 0.737 bits per heavy atom. The third kappa shape index (κ3) is 6.61. The van der Waals surface area contributed by atoms with E-state index in [-0.39, 0.29) is 12.1 Å². The molecule has 0 amide bonds. The lowest BCUT2D eigenvalue weighted by Gasteiger charge is -2.34. The Morgan fingerprint density at radius 2 is 1.21 bits per heavy atom. The summed E-state index contributed by atoms with van der Waals surface area (Å²) < 4.78 is 6.26. The fraction of sp³-hybridized carbons (Fsp3) is 0.583. The highest BCUT2D eigenvalue weighted by atomic mass is 16.5. The van der Waals surface area contributed by atoms with Gasteiger partial charge in [0, 0.05) is 6.08 Å². The number of esters is 1. The molecule has 38 heavy (non-hydrogen) atoms. The van der Waals surface area contributed by atoms with Crippen molar-refractivity contribution < 1.29 is 9.53 Å². The molecule has 1 atom stereocenters. The molecule has 3 aliphatic rings. The van der Waals surface area contributed by atoms with E-state index in [4.69, 9.17) is 4.74 Å². The second kappa shape index (κ2) is 13.1. The smallest absolute Gasteiger partial charge is 0.331 e. The van der Waals surface area contributed by atoms with Gasteiger partial charge in [-0.15, -0.1) is 0 Å². The van der Waals surface area contributed by atoms with E-state index in [0.29, 0.717) is 17.8 Å². The third-order valence-electron chi connectivity index (χ3n) is 9.70. The molecular weight excluding hydrogens is 464 g/mol. The van der Waals surface area contributed by atoms with Crippen LogP contribution in [0.15, 0.2) is 48.5 Å². The molecule has 0 radical (unpaired) electrons. The lowest BCUT2D eigenvalue weighted by molar-refractivity contribution is -0.142. The minimum Gasteiger partial charge on any atom is -0.455 e. The largest absolute Gasteiger partial charge is 0.455 e. The van der Waals surface area contributed by atoms with Gasteiger partial charge in [0.25, 0.3) is 0 Å². The van der Waals surface area contributed by atoms with Crippen LogP contribution < -0.4 is 0 Å². The van der Waals surface area contributed by atoms with Gasteiger partial charge in [-0.25, -0.2) is 4.79 Å². The zero-order chi connectivity index (χ0) is 26.3. The fourth-order valence-electron chi connectivity index (χ4n) is 7.60. The maximum absolute atomic E-state index is 13.2. The van der Waals surface area contributed by atoms with E-state index in [2.05, 4.69) is 31.2 Å². The van der Waals surface area contributed by atoms with Crippen LogP contribution in [0.4, 0.5) is 0 Å².